The van der Waals surface area contributed by atoms with E-state index in [4.69, 9.17) is 4.74 Å². The van der Waals surface area contributed by atoms with Gasteiger partial charge in [-0.1, -0.05) is 0 Å². The summed E-state index contributed by atoms with van der Waals surface area (Å²) in [7, 11) is 2.10. The van der Waals surface area contributed by atoms with Crippen molar-refractivity contribution in [2.45, 2.75) is 18.6 Å². The molecular weight excluding hydrogens is 180 g/mol. The van der Waals surface area contributed by atoms with E-state index in [1.165, 1.54) is 6.42 Å². The molecule has 2 heterocycles. The van der Waals surface area contributed by atoms with Crippen molar-refractivity contribution in [3.63, 3.8) is 0 Å². The number of hydrogen-bond donors (Lipinski definition) is 2. The van der Waals surface area contributed by atoms with Crippen molar-refractivity contribution in [1.29, 1.82) is 0 Å². The molecule has 0 spiro atoms. The predicted octanol–water partition coefficient (Wildman–Crippen LogP) is -0.713. The van der Waals surface area contributed by atoms with Gasteiger partial charge >= 0.3 is 0 Å². The Hall–Kier alpha value is -0.160. The van der Waals surface area contributed by atoms with Gasteiger partial charge in [0, 0.05) is 32.3 Å². The van der Waals surface area contributed by atoms with Crippen LogP contribution in [0, 0.1) is 5.92 Å². The third-order valence-corrected chi connectivity index (χ3v) is 3.29. The first-order chi connectivity index (χ1) is 6.77. The van der Waals surface area contributed by atoms with E-state index in [9.17, 15) is 5.11 Å². The lowest BCUT2D eigenvalue weighted by Crippen LogP contribution is -2.43. The van der Waals surface area contributed by atoms with Crippen LogP contribution in [0.3, 0.4) is 0 Å². The Morgan fingerprint density at radius 2 is 2.36 bits per heavy atom. The lowest BCUT2D eigenvalue weighted by molar-refractivity contribution is 0.0864. The summed E-state index contributed by atoms with van der Waals surface area (Å²) < 4.78 is 5.34. The van der Waals surface area contributed by atoms with Crippen molar-refractivity contribution in [2.75, 3.05) is 39.9 Å². The fourth-order valence-electron chi connectivity index (χ4n) is 2.37. The summed E-state index contributed by atoms with van der Waals surface area (Å²) in [5, 5.41) is 12.9. The monoisotopic (exact) mass is 200 g/mol. The zero-order valence-electron chi connectivity index (χ0n) is 8.78. The second-order valence-corrected chi connectivity index (χ2v) is 4.46. The molecule has 0 radical (unpaired) electrons. The fraction of sp³-hybridized carbons (Fsp3) is 1.00. The highest BCUT2D eigenvalue weighted by molar-refractivity contribution is 4.88. The molecule has 2 N–H and O–H groups in total. The van der Waals surface area contributed by atoms with E-state index in [0.29, 0.717) is 5.92 Å². The van der Waals surface area contributed by atoms with Crippen molar-refractivity contribution >= 4 is 0 Å². The quantitative estimate of drug-likeness (QED) is 0.631. The lowest BCUT2D eigenvalue weighted by Gasteiger charge is -2.28. The molecule has 1 unspecified atom stereocenters. The molecule has 0 amide bonds. The maximum atomic E-state index is 9.70. The number of nitrogens with one attached hydrogen (secondary N) is 1. The van der Waals surface area contributed by atoms with Gasteiger partial charge in [-0.05, 0) is 19.4 Å². The number of β-amino-alcohol motifs (C(OH)–C–C–N with tert-alkyl or cyclic N) is 1. The third kappa shape index (κ3) is 2.25. The molecule has 4 nitrogen and oxygen atoms in total. The minimum Gasteiger partial charge on any atom is -0.390 e. The Bertz CT molecular complexity index is 183. The van der Waals surface area contributed by atoms with Crippen LogP contribution in [0.15, 0.2) is 0 Å². The molecule has 2 aliphatic heterocycles. The van der Waals surface area contributed by atoms with Gasteiger partial charge in [-0.25, -0.2) is 0 Å². The number of rotatable bonds is 3. The molecule has 3 atom stereocenters. The van der Waals surface area contributed by atoms with Crippen molar-refractivity contribution in [3.8, 4) is 0 Å². The average Bonchev–Trinajstić information content (AvgIpc) is 2.75. The predicted molar refractivity (Wildman–Crippen MR) is 54.2 cm³/mol. The molecule has 4 heteroatoms. The van der Waals surface area contributed by atoms with E-state index in [-0.39, 0.29) is 12.1 Å². The number of hydrogen-bond acceptors (Lipinski definition) is 4. The standard InChI is InChI=1S/C10H20N2O2/c1-12(6-8-2-3-14-7-8)9-4-11-5-10(9)13/h8-11,13H,2-7H2,1H3/t8?,9-,10-/m1/s1. The Morgan fingerprint density at radius 3 is 2.93 bits per heavy atom. The van der Waals surface area contributed by atoms with Gasteiger partial charge in [0.2, 0.25) is 0 Å². The Balaban J connectivity index is 1.78. The maximum absolute atomic E-state index is 9.70. The molecule has 0 aromatic rings. The van der Waals surface area contributed by atoms with E-state index in [1.54, 1.807) is 0 Å². The molecule has 0 saturated carbocycles. The maximum Gasteiger partial charge on any atom is 0.0831 e. The first-order valence-corrected chi connectivity index (χ1v) is 5.44. The molecule has 2 rings (SSSR count). The molecule has 0 bridgehead atoms. The third-order valence-electron chi connectivity index (χ3n) is 3.29. The summed E-state index contributed by atoms with van der Waals surface area (Å²) in [6.45, 7) is 4.48. The van der Waals surface area contributed by atoms with Crippen molar-refractivity contribution in [2.24, 2.45) is 5.92 Å². The van der Waals surface area contributed by atoms with Gasteiger partial charge in [0.25, 0.3) is 0 Å². The number of ether oxygens (including phenoxy) is 1. The molecule has 14 heavy (non-hydrogen) atoms. The molecule has 2 saturated heterocycles. The molecule has 2 aliphatic rings. The highest BCUT2D eigenvalue weighted by atomic mass is 16.5. The van der Waals surface area contributed by atoms with E-state index >= 15 is 0 Å². The Morgan fingerprint density at radius 1 is 1.50 bits per heavy atom. The normalized spacial score (nSPS) is 38.4. The first-order valence-electron chi connectivity index (χ1n) is 5.44. The molecule has 0 aliphatic carbocycles. The summed E-state index contributed by atoms with van der Waals surface area (Å²) in [6, 6.07) is 0.288. The number of aliphatic hydroxyl groups is 1. The van der Waals surface area contributed by atoms with E-state index in [2.05, 4.69) is 17.3 Å². The van der Waals surface area contributed by atoms with Gasteiger partial charge in [0.05, 0.1) is 12.7 Å². The zero-order valence-corrected chi connectivity index (χ0v) is 8.78. The zero-order chi connectivity index (χ0) is 9.97. The van der Waals surface area contributed by atoms with Crippen molar-refractivity contribution in [1.82, 2.24) is 10.2 Å². The van der Waals surface area contributed by atoms with Gasteiger partial charge in [0.1, 0.15) is 0 Å². The van der Waals surface area contributed by atoms with Crippen molar-refractivity contribution in [3.05, 3.63) is 0 Å². The summed E-state index contributed by atoms with van der Waals surface area (Å²) in [6.07, 6.45) is 0.961. The highest BCUT2D eigenvalue weighted by Crippen LogP contribution is 2.16. The summed E-state index contributed by atoms with van der Waals surface area (Å²) >= 11 is 0. The van der Waals surface area contributed by atoms with Crippen LogP contribution in [0.25, 0.3) is 0 Å². The molecule has 0 aromatic heterocycles. The average molecular weight is 200 g/mol. The first kappa shape index (κ1) is 10.4. The van der Waals surface area contributed by atoms with E-state index < -0.39 is 0 Å². The van der Waals surface area contributed by atoms with Gasteiger partial charge in [0.15, 0.2) is 0 Å². The Labute approximate surface area is 85.2 Å². The number of likely N-dealkylation sites (N-methyl/N-ethyl adjacent to an activating group) is 1. The molecule has 0 aromatic carbocycles. The topological polar surface area (TPSA) is 44.7 Å². The molecule has 2 fully saturated rings. The van der Waals surface area contributed by atoms with E-state index in [0.717, 1.165) is 32.8 Å². The van der Waals surface area contributed by atoms with Crippen LogP contribution >= 0.6 is 0 Å². The van der Waals surface area contributed by atoms with Crippen LogP contribution < -0.4 is 5.32 Å². The van der Waals surface area contributed by atoms with E-state index in [1.807, 2.05) is 0 Å². The smallest absolute Gasteiger partial charge is 0.0831 e. The highest BCUT2D eigenvalue weighted by Gasteiger charge is 2.30. The summed E-state index contributed by atoms with van der Waals surface area (Å²) in [5.74, 6) is 0.660. The van der Waals surface area contributed by atoms with Crippen LogP contribution in [0.4, 0.5) is 0 Å². The van der Waals surface area contributed by atoms with Crippen LogP contribution in [0.2, 0.25) is 0 Å². The summed E-state index contributed by atoms with van der Waals surface area (Å²) in [5.41, 5.74) is 0. The van der Waals surface area contributed by atoms with Gasteiger partial charge in [-0.2, -0.15) is 0 Å². The van der Waals surface area contributed by atoms with Crippen molar-refractivity contribution < 1.29 is 9.84 Å². The van der Waals surface area contributed by atoms with Gasteiger partial charge < -0.3 is 15.2 Å². The Kier molecular flexibility index (Phi) is 3.38. The van der Waals surface area contributed by atoms with Crippen LogP contribution in [-0.2, 0) is 4.74 Å². The van der Waals surface area contributed by atoms with Crippen LogP contribution in [-0.4, -0.2) is 62.0 Å². The number of nitrogens with zero attached hydrogens (tertiary/aromatic N) is 1. The minimum atomic E-state index is -0.206. The lowest BCUT2D eigenvalue weighted by atomic mass is 10.1. The minimum absolute atomic E-state index is 0.206. The summed E-state index contributed by atoms with van der Waals surface area (Å²) in [4.78, 5) is 2.27. The van der Waals surface area contributed by atoms with Crippen LogP contribution in [0.1, 0.15) is 6.42 Å². The van der Waals surface area contributed by atoms with Gasteiger partial charge in [-0.15, -0.1) is 0 Å². The number of aliphatic hydroxyl groups excluding tert-OH is 1. The van der Waals surface area contributed by atoms with Crippen LogP contribution in [0.5, 0.6) is 0 Å². The second-order valence-electron chi connectivity index (χ2n) is 4.46. The molecule has 82 valence electrons. The molecular formula is C10H20N2O2. The second kappa shape index (κ2) is 4.57. The fourth-order valence-corrected chi connectivity index (χ4v) is 2.37. The SMILES string of the molecule is CN(CC1CCOC1)[C@@H]1CNC[C@H]1O. The van der Waals surface area contributed by atoms with Gasteiger partial charge in [-0.3, -0.25) is 4.90 Å². The largest absolute Gasteiger partial charge is 0.390 e.